The maximum Gasteiger partial charge on any atom is 0.142 e. The summed E-state index contributed by atoms with van der Waals surface area (Å²) < 4.78 is 0. The molecule has 0 radical (unpaired) electrons. The van der Waals surface area contributed by atoms with Crippen LogP contribution in [0.25, 0.3) is 0 Å². The molecule has 0 unspecified atom stereocenters. The van der Waals surface area contributed by atoms with Gasteiger partial charge in [0.2, 0.25) is 0 Å². The minimum atomic E-state index is 0.783. The Labute approximate surface area is 87.2 Å². The summed E-state index contributed by atoms with van der Waals surface area (Å²) >= 11 is 0. The van der Waals surface area contributed by atoms with Crippen LogP contribution in [0.4, 0.5) is 0 Å². The first-order valence-electron chi connectivity index (χ1n) is 5.33. The number of hydrogen-bond donors (Lipinski definition) is 0. The van der Waals surface area contributed by atoms with E-state index in [2.05, 4.69) is 19.1 Å². The highest BCUT2D eigenvalue weighted by atomic mass is 16.1. The Morgan fingerprint density at radius 2 is 1.79 bits per heavy atom. The van der Waals surface area contributed by atoms with Crippen molar-refractivity contribution in [2.45, 2.75) is 39.0 Å². The highest BCUT2D eigenvalue weighted by Crippen LogP contribution is 2.00. The van der Waals surface area contributed by atoms with Crippen LogP contribution in [0.15, 0.2) is 36.5 Å². The molecule has 0 bridgehead atoms. The molecule has 0 aliphatic carbocycles. The lowest BCUT2D eigenvalue weighted by Crippen LogP contribution is -1.70. The molecule has 14 heavy (non-hydrogen) atoms. The molecule has 0 aromatic rings. The molecule has 0 saturated heterocycles. The van der Waals surface area contributed by atoms with Gasteiger partial charge in [0, 0.05) is 0 Å². The zero-order chi connectivity index (χ0) is 10.5. The molecule has 1 nitrogen and oxygen atoms in total. The summed E-state index contributed by atoms with van der Waals surface area (Å²) in [5.41, 5.74) is 0. The van der Waals surface area contributed by atoms with E-state index in [1.807, 2.05) is 12.2 Å². The third-order valence-corrected chi connectivity index (χ3v) is 1.85. The molecule has 0 aromatic heterocycles. The molecule has 0 aliphatic rings. The van der Waals surface area contributed by atoms with Crippen LogP contribution in [0.5, 0.6) is 0 Å². The Hall–Kier alpha value is -1.11. The minimum absolute atomic E-state index is 0.783. The van der Waals surface area contributed by atoms with Crippen LogP contribution in [0.3, 0.4) is 0 Å². The van der Waals surface area contributed by atoms with Crippen molar-refractivity contribution in [3.05, 3.63) is 36.5 Å². The Balaban J connectivity index is 3.29. The number of hydrogen-bond acceptors (Lipinski definition) is 1. The van der Waals surface area contributed by atoms with Gasteiger partial charge in [-0.05, 0) is 25.3 Å². The molecule has 0 N–H and O–H groups in total. The molecule has 0 atom stereocenters. The summed E-state index contributed by atoms with van der Waals surface area (Å²) in [4.78, 5) is 9.91. The molecular formula is C13H20O. The van der Waals surface area contributed by atoms with E-state index < -0.39 is 0 Å². The SMILES string of the molecule is CCCCC/C=C/C/C=C\C=C\C=O. The molecule has 0 aromatic carbocycles. The van der Waals surface area contributed by atoms with Crippen molar-refractivity contribution in [1.82, 2.24) is 0 Å². The fourth-order valence-corrected chi connectivity index (χ4v) is 1.07. The molecule has 0 aliphatic heterocycles. The predicted molar refractivity (Wildman–Crippen MR) is 62.2 cm³/mol. The third kappa shape index (κ3) is 10.9. The summed E-state index contributed by atoms with van der Waals surface area (Å²) in [6, 6.07) is 0. The van der Waals surface area contributed by atoms with Crippen molar-refractivity contribution >= 4 is 6.29 Å². The van der Waals surface area contributed by atoms with Gasteiger partial charge in [-0.25, -0.2) is 0 Å². The molecule has 0 saturated carbocycles. The molecule has 0 fully saturated rings. The number of unbranched alkanes of at least 4 members (excludes halogenated alkanes) is 3. The largest absolute Gasteiger partial charge is 0.299 e. The van der Waals surface area contributed by atoms with Crippen LogP contribution >= 0.6 is 0 Å². The van der Waals surface area contributed by atoms with Gasteiger partial charge in [-0.1, -0.05) is 50.1 Å². The van der Waals surface area contributed by atoms with Gasteiger partial charge in [0.1, 0.15) is 6.29 Å². The van der Waals surface area contributed by atoms with E-state index in [0.29, 0.717) is 0 Å². The number of rotatable bonds is 8. The van der Waals surface area contributed by atoms with Gasteiger partial charge in [-0.2, -0.15) is 0 Å². The average Bonchev–Trinajstić information content (AvgIpc) is 2.21. The standard InChI is InChI=1S/C13H20O/c1-2-3-4-5-6-7-8-9-10-11-12-13-14/h6-7,9-13H,2-5,8H2,1H3/b7-6+,10-9-,12-11+. The Morgan fingerprint density at radius 1 is 0.929 bits per heavy atom. The zero-order valence-corrected chi connectivity index (χ0v) is 8.99. The van der Waals surface area contributed by atoms with Crippen molar-refractivity contribution in [1.29, 1.82) is 0 Å². The number of aldehydes is 1. The molecule has 0 rings (SSSR count). The van der Waals surface area contributed by atoms with Crippen molar-refractivity contribution in [3.8, 4) is 0 Å². The van der Waals surface area contributed by atoms with Gasteiger partial charge < -0.3 is 0 Å². The Bertz CT molecular complexity index is 199. The summed E-state index contributed by atoms with van der Waals surface area (Å²) in [7, 11) is 0. The molecule has 0 heterocycles. The fourth-order valence-electron chi connectivity index (χ4n) is 1.07. The smallest absolute Gasteiger partial charge is 0.142 e. The minimum Gasteiger partial charge on any atom is -0.299 e. The van der Waals surface area contributed by atoms with E-state index in [9.17, 15) is 4.79 Å². The normalized spacial score (nSPS) is 12.1. The van der Waals surface area contributed by atoms with Crippen molar-refractivity contribution in [3.63, 3.8) is 0 Å². The zero-order valence-electron chi connectivity index (χ0n) is 8.99. The molecule has 78 valence electrons. The van der Waals surface area contributed by atoms with Crippen molar-refractivity contribution in [2.24, 2.45) is 0 Å². The lowest BCUT2D eigenvalue weighted by atomic mass is 10.2. The predicted octanol–water partition coefficient (Wildman–Crippen LogP) is 3.82. The first-order chi connectivity index (χ1) is 6.91. The van der Waals surface area contributed by atoms with E-state index in [0.717, 1.165) is 12.7 Å². The van der Waals surface area contributed by atoms with Crippen LogP contribution in [-0.4, -0.2) is 6.29 Å². The van der Waals surface area contributed by atoms with E-state index in [1.54, 1.807) is 6.08 Å². The molecular weight excluding hydrogens is 172 g/mol. The average molecular weight is 192 g/mol. The highest BCUT2D eigenvalue weighted by molar-refractivity contribution is 5.65. The summed E-state index contributed by atoms with van der Waals surface area (Å²) in [5.74, 6) is 0. The van der Waals surface area contributed by atoms with E-state index >= 15 is 0 Å². The third-order valence-electron chi connectivity index (χ3n) is 1.85. The quantitative estimate of drug-likeness (QED) is 0.188. The summed E-state index contributed by atoms with van der Waals surface area (Å²) in [6.45, 7) is 2.21. The van der Waals surface area contributed by atoms with Crippen molar-refractivity contribution in [2.75, 3.05) is 0 Å². The Kier molecular flexibility index (Phi) is 10.9. The number of allylic oxidation sites excluding steroid dienone is 6. The number of carbonyl (C=O) groups is 1. The van der Waals surface area contributed by atoms with Gasteiger partial charge in [0.15, 0.2) is 0 Å². The monoisotopic (exact) mass is 192 g/mol. The highest BCUT2D eigenvalue weighted by Gasteiger charge is 1.80. The Morgan fingerprint density at radius 3 is 2.50 bits per heavy atom. The maximum absolute atomic E-state index is 9.91. The van der Waals surface area contributed by atoms with Gasteiger partial charge in [-0.15, -0.1) is 0 Å². The van der Waals surface area contributed by atoms with Gasteiger partial charge in [0.25, 0.3) is 0 Å². The van der Waals surface area contributed by atoms with Crippen LogP contribution < -0.4 is 0 Å². The van der Waals surface area contributed by atoms with Crippen LogP contribution in [0.2, 0.25) is 0 Å². The summed E-state index contributed by atoms with van der Waals surface area (Å²) in [6.07, 6.45) is 18.4. The van der Waals surface area contributed by atoms with Crippen LogP contribution in [-0.2, 0) is 4.79 Å². The lowest BCUT2D eigenvalue weighted by molar-refractivity contribution is -0.104. The van der Waals surface area contributed by atoms with E-state index in [4.69, 9.17) is 0 Å². The maximum atomic E-state index is 9.91. The molecule has 0 spiro atoms. The first kappa shape index (κ1) is 12.9. The van der Waals surface area contributed by atoms with Crippen LogP contribution in [0.1, 0.15) is 39.0 Å². The summed E-state index contributed by atoms with van der Waals surface area (Å²) in [5, 5.41) is 0. The van der Waals surface area contributed by atoms with Gasteiger partial charge >= 0.3 is 0 Å². The topological polar surface area (TPSA) is 17.1 Å². The second-order valence-corrected chi connectivity index (χ2v) is 3.15. The molecule has 1 heteroatoms. The van der Waals surface area contributed by atoms with Crippen LogP contribution in [0, 0.1) is 0 Å². The number of carbonyl (C=O) groups excluding carboxylic acids is 1. The van der Waals surface area contributed by atoms with Gasteiger partial charge in [-0.3, -0.25) is 4.79 Å². The second kappa shape index (κ2) is 11.9. The lowest BCUT2D eigenvalue weighted by Gasteiger charge is -1.90. The van der Waals surface area contributed by atoms with E-state index in [-0.39, 0.29) is 0 Å². The second-order valence-electron chi connectivity index (χ2n) is 3.15. The van der Waals surface area contributed by atoms with Gasteiger partial charge in [0.05, 0.1) is 0 Å². The molecule has 0 amide bonds. The van der Waals surface area contributed by atoms with E-state index in [1.165, 1.54) is 31.8 Å². The fraction of sp³-hybridized carbons (Fsp3) is 0.462. The van der Waals surface area contributed by atoms with Crippen molar-refractivity contribution < 1.29 is 4.79 Å². The first-order valence-corrected chi connectivity index (χ1v) is 5.33.